The van der Waals surface area contributed by atoms with Gasteiger partial charge in [0.2, 0.25) is 0 Å². The molecule has 1 N–H and O–H groups in total. The normalized spacial score (nSPS) is 11.3. The first-order valence-electron chi connectivity index (χ1n) is 7.24. The van der Waals surface area contributed by atoms with Crippen LogP contribution in [0.1, 0.15) is 0 Å². The van der Waals surface area contributed by atoms with E-state index in [0.717, 1.165) is 10.9 Å². The van der Waals surface area contributed by atoms with E-state index in [1.54, 1.807) is 6.07 Å². The predicted octanol–water partition coefficient (Wildman–Crippen LogP) is 3.71. The van der Waals surface area contributed by atoms with Gasteiger partial charge in [-0.15, -0.1) is 0 Å². The van der Waals surface area contributed by atoms with Gasteiger partial charge in [0, 0.05) is 17.5 Å². The molecule has 3 rings (SSSR count). The number of anilines is 1. The maximum atomic E-state index is 12.8. The standard InChI is InChI=1S/C17H15ClN2O4S/c1-23-15-9-17(16(24-2)8-13(15)18)25(21,22)20-12-7-11-5-3-4-6-14(11)19-10-12/h3-10,20H,1-2H3. The van der Waals surface area contributed by atoms with Crippen LogP contribution in [0.3, 0.4) is 0 Å². The van der Waals surface area contributed by atoms with Crippen LogP contribution in [0, 0.1) is 0 Å². The number of rotatable bonds is 5. The number of aromatic nitrogens is 1. The Morgan fingerprint density at radius 1 is 1.04 bits per heavy atom. The number of nitrogens with zero attached hydrogens (tertiary/aromatic N) is 1. The number of pyridine rings is 1. The molecule has 0 bridgehead atoms. The van der Waals surface area contributed by atoms with Crippen LogP contribution in [0.25, 0.3) is 10.9 Å². The van der Waals surface area contributed by atoms with Crippen LogP contribution in [0.4, 0.5) is 5.69 Å². The number of fused-ring (bicyclic) bond motifs is 1. The van der Waals surface area contributed by atoms with E-state index in [0.29, 0.717) is 5.69 Å². The van der Waals surface area contributed by atoms with Crippen molar-refractivity contribution in [2.75, 3.05) is 18.9 Å². The van der Waals surface area contributed by atoms with Crippen molar-refractivity contribution in [1.29, 1.82) is 0 Å². The second-order valence-corrected chi connectivity index (χ2v) is 7.22. The molecule has 0 amide bonds. The van der Waals surface area contributed by atoms with E-state index < -0.39 is 10.0 Å². The number of sulfonamides is 1. The van der Waals surface area contributed by atoms with Crippen molar-refractivity contribution < 1.29 is 17.9 Å². The molecule has 0 aliphatic heterocycles. The maximum absolute atomic E-state index is 12.8. The van der Waals surface area contributed by atoms with Crippen LogP contribution >= 0.6 is 11.6 Å². The summed E-state index contributed by atoms with van der Waals surface area (Å²) in [5.41, 5.74) is 1.12. The fraction of sp³-hybridized carbons (Fsp3) is 0.118. The summed E-state index contributed by atoms with van der Waals surface area (Å²) in [5, 5.41) is 1.08. The number of para-hydroxylation sites is 1. The average molecular weight is 379 g/mol. The molecule has 130 valence electrons. The lowest BCUT2D eigenvalue weighted by molar-refractivity contribution is 0.392. The van der Waals surface area contributed by atoms with Gasteiger partial charge in [0.05, 0.1) is 36.6 Å². The molecule has 0 saturated carbocycles. The van der Waals surface area contributed by atoms with Crippen LogP contribution in [0.5, 0.6) is 11.5 Å². The van der Waals surface area contributed by atoms with E-state index >= 15 is 0 Å². The lowest BCUT2D eigenvalue weighted by atomic mass is 10.2. The van der Waals surface area contributed by atoms with Gasteiger partial charge >= 0.3 is 0 Å². The highest BCUT2D eigenvalue weighted by atomic mass is 35.5. The minimum absolute atomic E-state index is 0.0793. The second kappa shape index (κ2) is 6.78. The largest absolute Gasteiger partial charge is 0.495 e. The Morgan fingerprint density at radius 2 is 1.76 bits per heavy atom. The number of methoxy groups -OCH3 is 2. The fourth-order valence-corrected chi connectivity index (χ4v) is 3.81. The van der Waals surface area contributed by atoms with E-state index in [1.807, 2.05) is 24.3 Å². The molecule has 0 fully saturated rings. The van der Waals surface area contributed by atoms with E-state index in [2.05, 4.69) is 9.71 Å². The summed E-state index contributed by atoms with van der Waals surface area (Å²) in [4.78, 5) is 4.17. The van der Waals surface area contributed by atoms with Gasteiger partial charge in [0.25, 0.3) is 10.0 Å². The zero-order chi connectivity index (χ0) is 18.0. The minimum atomic E-state index is -3.93. The number of hydrogen-bond acceptors (Lipinski definition) is 5. The molecule has 0 unspecified atom stereocenters. The van der Waals surface area contributed by atoms with Gasteiger partial charge in [-0.25, -0.2) is 8.42 Å². The van der Waals surface area contributed by atoms with Crippen molar-refractivity contribution in [2.24, 2.45) is 0 Å². The smallest absolute Gasteiger partial charge is 0.265 e. The molecule has 25 heavy (non-hydrogen) atoms. The Balaban J connectivity index is 2.03. The summed E-state index contributed by atoms with van der Waals surface area (Å²) in [6.07, 6.45) is 1.46. The predicted molar refractivity (Wildman–Crippen MR) is 97.1 cm³/mol. The van der Waals surface area contributed by atoms with Gasteiger partial charge in [0.15, 0.2) is 0 Å². The Bertz CT molecular complexity index is 1040. The number of ether oxygens (including phenoxy) is 2. The minimum Gasteiger partial charge on any atom is -0.495 e. The summed E-state index contributed by atoms with van der Waals surface area (Å²) in [6.45, 7) is 0. The zero-order valence-corrected chi connectivity index (χ0v) is 15.1. The Morgan fingerprint density at radius 3 is 2.48 bits per heavy atom. The third kappa shape index (κ3) is 3.47. The van der Waals surface area contributed by atoms with Crippen molar-refractivity contribution in [1.82, 2.24) is 4.98 Å². The summed E-state index contributed by atoms with van der Waals surface area (Å²) in [6, 6.07) is 11.8. The molecular formula is C17H15ClN2O4S. The first-order chi connectivity index (χ1) is 11.9. The highest BCUT2D eigenvalue weighted by molar-refractivity contribution is 7.92. The third-order valence-electron chi connectivity index (χ3n) is 3.57. The Hall–Kier alpha value is -2.51. The first-order valence-corrected chi connectivity index (χ1v) is 9.10. The zero-order valence-electron chi connectivity index (χ0n) is 13.5. The number of hydrogen-bond donors (Lipinski definition) is 1. The number of halogens is 1. The van der Waals surface area contributed by atoms with Crippen LogP contribution in [0.2, 0.25) is 5.02 Å². The summed E-state index contributed by atoms with van der Waals surface area (Å²) >= 11 is 6.03. The van der Waals surface area contributed by atoms with Gasteiger partial charge in [-0.1, -0.05) is 29.8 Å². The Kier molecular flexibility index (Phi) is 4.69. The van der Waals surface area contributed by atoms with Gasteiger partial charge < -0.3 is 9.47 Å². The molecule has 2 aromatic carbocycles. The quantitative estimate of drug-likeness (QED) is 0.732. The number of nitrogens with one attached hydrogen (secondary N) is 1. The van der Waals surface area contributed by atoms with Crippen LogP contribution in [0.15, 0.2) is 53.6 Å². The molecular weight excluding hydrogens is 364 g/mol. The molecule has 0 radical (unpaired) electrons. The van der Waals surface area contributed by atoms with Gasteiger partial charge in [-0.3, -0.25) is 9.71 Å². The molecule has 0 atom stereocenters. The summed E-state index contributed by atoms with van der Waals surface area (Å²) < 4.78 is 38.3. The van der Waals surface area contributed by atoms with Crippen LogP contribution in [-0.2, 0) is 10.0 Å². The summed E-state index contributed by atoms with van der Waals surface area (Å²) in [5.74, 6) is 0.353. The molecule has 0 spiro atoms. The molecule has 1 heterocycles. The van der Waals surface area contributed by atoms with Crippen molar-refractivity contribution in [3.63, 3.8) is 0 Å². The first kappa shape index (κ1) is 17.3. The fourth-order valence-electron chi connectivity index (χ4n) is 2.38. The molecule has 8 heteroatoms. The number of benzene rings is 2. The maximum Gasteiger partial charge on any atom is 0.265 e. The van der Waals surface area contributed by atoms with Crippen molar-refractivity contribution in [2.45, 2.75) is 4.90 Å². The summed E-state index contributed by atoms with van der Waals surface area (Å²) in [7, 11) is -1.15. The van der Waals surface area contributed by atoms with E-state index in [4.69, 9.17) is 21.1 Å². The lowest BCUT2D eigenvalue weighted by Crippen LogP contribution is -2.14. The van der Waals surface area contributed by atoms with E-state index in [1.165, 1.54) is 32.5 Å². The van der Waals surface area contributed by atoms with Gasteiger partial charge in [0.1, 0.15) is 16.4 Å². The molecule has 3 aromatic rings. The molecule has 0 saturated heterocycles. The SMILES string of the molecule is COc1cc(S(=O)(=O)Nc2cnc3ccccc3c2)c(OC)cc1Cl. The van der Waals surface area contributed by atoms with Crippen molar-refractivity contribution in [3.05, 3.63) is 53.7 Å². The van der Waals surface area contributed by atoms with E-state index in [9.17, 15) is 8.42 Å². The topological polar surface area (TPSA) is 77.5 Å². The average Bonchev–Trinajstić information content (AvgIpc) is 2.60. The monoisotopic (exact) mass is 378 g/mol. The lowest BCUT2D eigenvalue weighted by Gasteiger charge is -2.14. The third-order valence-corrected chi connectivity index (χ3v) is 5.27. The molecule has 0 aliphatic rings. The van der Waals surface area contributed by atoms with E-state index in [-0.39, 0.29) is 21.4 Å². The molecule has 6 nitrogen and oxygen atoms in total. The van der Waals surface area contributed by atoms with Gasteiger partial charge in [-0.2, -0.15) is 0 Å². The van der Waals surface area contributed by atoms with Crippen LogP contribution < -0.4 is 14.2 Å². The highest BCUT2D eigenvalue weighted by Crippen LogP contribution is 2.35. The highest BCUT2D eigenvalue weighted by Gasteiger charge is 2.22. The van der Waals surface area contributed by atoms with Gasteiger partial charge in [-0.05, 0) is 12.1 Å². The van der Waals surface area contributed by atoms with Crippen molar-refractivity contribution >= 4 is 38.2 Å². The second-order valence-electron chi connectivity index (χ2n) is 5.16. The molecule has 0 aliphatic carbocycles. The molecule has 1 aromatic heterocycles. The Labute approximate surface area is 150 Å². The van der Waals surface area contributed by atoms with Crippen molar-refractivity contribution in [3.8, 4) is 11.5 Å². The van der Waals surface area contributed by atoms with Crippen LogP contribution in [-0.4, -0.2) is 27.6 Å².